The Morgan fingerprint density at radius 3 is 1.75 bits per heavy atom. The van der Waals surface area contributed by atoms with Crippen LogP contribution in [0.4, 0.5) is 0 Å². The van der Waals surface area contributed by atoms with Crippen LogP contribution in [0.2, 0.25) is 0 Å². The number of nitrogens with one attached hydrogen (secondary N) is 3. The smallest absolute Gasteiger partial charge is 0.214 e. The Labute approximate surface area is 402 Å². The van der Waals surface area contributed by atoms with Gasteiger partial charge in [0.1, 0.15) is 20.4 Å². The second-order valence-corrected chi connectivity index (χ2v) is 18.9. The van der Waals surface area contributed by atoms with E-state index >= 15 is 0 Å². The van der Waals surface area contributed by atoms with E-state index < -0.39 is 0 Å². The fourth-order valence-corrected chi connectivity index (χ4v) is 9.56. The molecule has 17 heteroatoms. The molecule has 0 fully saturated rings. The number of aryl methyl sites for hydroxylation is 2. The van der Waals surface area contributed by atoms with E-state index in [2.05, 4.69) is 120 Å². The lowest BCUT2D eigenvalue weighted by atomic mass is 9.91. The van der Waals surface area contributed by atoms with Crippen molar-refractivity contribution in [2.75, 3.05) is 14.2 Å². The van der Waals surface area contributed by atoms with Crippen molar-refractivity contribution >= 4 is 46.6 Å². The number of halogens is 1. The molecule has 10 rings (SSSR count). The van der Waals surface area contributed by atoms with Gasteiger partial charge in [-0.1, -0.05) is 24.3 Å². The molecule has 0 bridgehead atoms. The molecule has 2 aliphatic carbocycles. The van der Waals surface area contributed by atoms with Crippen molar-refractivity contribution < 1.29 is 9.47 Å². The Morgan fingerprint density at radius 1 is 0.692 bits per heavy atom. The van der Waals surface area contributed by atoms with Gasteiger partial charge >= 0.3 is 0 Å². The summed E-state index contributed by atoms with van der Waals surface area (Å²) in [6.45, 7) is 8.45. The molecule has 6 heterocycles. The lowest BCUT2D eigenvalue weighted by Crippen LogP contribution is -2.01. The summed E-state index contributed by atoms with van der Waals surface area (Å²) in [5, 5.41) is 23.9. The summed E-state index contributed by atoms with van der Waals surface area (Å²) in [6.07, 6.45) is 15.9. The van der Waals surface area contributed by atoms with Crippen molar-refractivity contribution in [3.63, 3.8) is 0 Å². The molecule has 2 aromatic carbocycles. The predicted molar refractivity (Wildman–Crippen MR) is 264 cm³/mol. The van der Waals surface area contributed by atoms with E-state index in [-0.39, 0.29) is 0 Å². The van der Waals surface area contributed by atoms with Crippen LogP contribution in [0.3, 0.4) is 0 Å². The molecule has 3 N–H and O–H groups in total. The lowest BCUT2D eigenvalue weighted by molar-refractivity contribution is 0.398. The van der Waals surface area contributed by atoms with Crippen LogP contribution >= 0.6 is 46.6 Å². The van der Waals surface area contributed by atoms with Gasteiger partial charge in [-0.05, 0) is 193 Å². The average molecular weight is 1020 g/mol. The summed E-state index contributed by atoms with van der Waals surface area (Å²) in [5.41, 5.74) is 13.0. The molecular formula is C48H53IN12O2S2. The fraction of sp³-hybridized carbons (Fsp3) is 0.333. The molecule has 65 heavy (non-hydrogen) atoms. The number of rotatable bonds is 12. The summed E-state index contributed by atoms with van der Waals surface area (Å²) in [4.78, 5) is 17.6. The largest absolute Gasteiger partial charge is 0.481 e. The Bertz CT molecular complexity index is 2930. The molecule has 0 spiro atoms. The summed E-state index contributed by atoms with van der Waals surface area (Å²) in [6, 6.07) is 21.8. The van der Waals surface area contributed by atoms with Gasteiger partial charge in [-0.25, -0.2) is 19.9 Å². The van der Waals surface area contributed by atoms with Crippen molar-refractivity contribution in [1.29, 1.82) is 0 Å². The van der Waals surface area contributed by atoms with E-state index in [9.17, 15) is 0 Å². The number of H-pyrrole nitrogens is 3. The first-order valence-corrected chi connectivity index (χ1v) is 24.1. The van der Waals surface area contributed by atoms with Gasteiger partial charge in [-0.2, -0.15) is 10.2 Å². The molecule has 0 amide bonds. The molecule has 8 aromatic rings. The molecule has 336 valence electrons. The van der Waals surface area contributed by atoms with Crippen molar-refractivity contribution in [3.8, 4) is 34.0 Å². The number of ether oxygens (including phenoxy) is 2. The summed E-state index contributed by atoms with van der Waals surface area (Å²) in [5.74, 6) is 2.96. The second-order valence-electron chi connectivity index (χ2n) is 16.4. The number of hydrogen-bond acceptors (Lipinski definition) is 11. The van der Waals surface area contributed by atoms with Crippen molar-refractivity contribution in [2.45, 2.75) is 101 Å². The number of pyridine rings is 2. The van der Waals surface area contributed by atoms with E-state index in [4.69, 9.17) is 26.7 Å². The number of hydrogen-bond donors (Lipinski definition) is 3. The van der Waals surface area contributed by atoms with Gasteiger partial charge in [0.25, 0.3) is 0 Å². The van der Waals surface area contributed by atoms with Crippen molar-refractivity contribution in [2.24, 2.45) is 0 Å². The van der Waals surface area contributed by atoms with E-state index in [0.717, 1.165) is 63.6 Å². The third kappa shape index (κ3) is 11.2. The average Bonchev–Trinajstić information content (AvgIpc) is 4.18. The van der Waals surface area contributed by atoms with E-state index in [0.29, 0.717) is 40.2 Å². The van der Waals surface area contributed by atoms with Gasteiger partial charge in [0.2, 0.25) is 21.7 Å². The van der Waals surface area contributed by atoms with Crippen molar-refractivity contribution in [3.05, 3.63) is 139 Å². The normalized spacial score (nSPS) is 12.7. The predicted octanol–water partition coefficient (Wildman–Crippen LogP) is 10.6. The maximum atomic E-state index is 5.35. The maximum absolute atomic E-state index is 5.35. The minimum absolute atomic E-state index is 0.331. The first kappa shape index (κ1) is 45.9. The molecular weight excluding hydrogens is 968 g/mol. The Balaban J connectivity index is 0.000000153. The van der Waals surface area contributed by atoms with E-state index in [1.54, 1.807) is 26.6 Å². The van der Waals surface area contributed by atoms with Crippen LogP contribution in [-0.4, -0.2) is 74.1 Å². The minimum Gasteiger partial charge on any atom is -0.481 e. The van der Waals surface area contributed by atoms with Crippen LogP contribution in [0.25, 0.3) is 22.3 Å². The maximum Gasteiger partial charge on any atom is 0.214 e. The van der Waals surface area contributed by atoms with Crippen molar-refractivity contribution in [1.82, 2.24) is 59.9 Å². The molecule has 0 saturated heterocycles. The number of aromatic amines is 3. The number of aromatic nitrogens is 12. The Morgan fingerprint density at radius 2 is 1.26 bits per heavy atom. The third-order valence-electron chi connectivity index (χ3n) is 11.5. The van der Waals surface area contributed by atoms with Gasteiger partial charge in [0, 0.05) is 61.8 Å². The van der Waals surface area contributed by atoms with E-state index in [1.807, 2.05) is 58.2 Å². The highest BCUT2D eigenvalue weighted by Gasteiger charge is 2.22. The number of fused-ring (bicyclic) bond motifs is 2. The topological polar surface area (TPSA) is 166 Å². The zero-order valence-corrected chi connectivity index (χ0v) is 41.2. The second kappa shape index (κ2) is 21.1. The molecule has 0 aliphatic heterocycles. The van der Waals surface area contributed by atoms with Crippen LogP contribution in [0.5, 0.6) is 11.8 Å². The molecule has 2 aliphatic rings. The van der Waals surface area contributed by atoms with Crippen LogP contribution in [0.1, 0.15) is 97.6 Å². The number of methoxy groups -OCH3 is 2. The molecule has 0 saturated carbocycles. The molecule has 0 radical (unpaired) electrons. The first-order valence-electron chi connectivity index (χ1n) is 21.8. The first-order chi connectivity index (χ1) is 31.5. The third-order valence-corrected chi connectivity index (χ3v) is 13.0. The van der Waals surface area contributed by atoms with Gasteiger partial charge in [-0.3, -0.25) is 24.7 Å². The van der Waals surface area contributed by atoms with Gasteiger partial charge < -0.3 is 9.47 Å². The lowest BCUT2D eigenvalue weighted by Gasteiger charge is -2.15. The van der Waals surface area contributed by atoms with Crippen LogP contribution in [-0.2, 0) is 38.5 Å². The van der Waals surface area contributed by atoms with Gasteiger partial charge in [0.15, 0.2) is 0 Å². The molecule has 0 unspecified atom stereocenters. The Hall–Kier alpha value is -5.66. The van der Waals surface area contributed by atoms with Crippen LogP contribution < -0.4 is 9.47 Å². The zero-order chi connectivity index (χ0) is 45.5. The summed E-state index contributed by atoms with van der Waals surface area (Å²) >= 11 is 8.76. The highest BCUT2D eigenvalue weighted by Crippen LogP contribution is 2.37. The number of benzene rings is 2. The van der Waals surface area contributed by atoms with Gasteiger partial charge in [-0.15, -0.1) is 5.10 Å². The SMILES string of the molecule is CC(C)n1ccc(I)n1.COc1cc(-c2ccc3c(c2Cc2nc(=S)[nH][nH]2)CCC3)ccn1.COc1cc(-c2ccc3c(c2Cc2nc(Sc4ccn(C(C)C)n4)n[nH]2)CCC3)ccn1. The highest BCUT2D eigenvalue weighted by atomic mass is 127. The number of nitrogens with zero attached hydrogens (tertiary/aromatic N) is 9. The zero-order valence-electron chi connectivity index (χ0n) is 37.4. The van der Waals surface area contributed by atoms with E-state index in [1.165, 1.54) is 69.1 Å². The summed E-state index contributed by atoms with van der Waals surface area (Å²) in [7, 11) is 3.28. The monoisotopic (exact) mass is 1020 g/mol. The quantitative estimate of drug-likeness (QED) is 0.0788. The van der Waals surface area contributed by atoms with Gasteiger partial charge in [0.05, 0.1) is 14.2 Å². The summed E-state index contributed by atoms with van der Waals surface area (Å²) < 4.78 is 16.1. The minimum atomic E-state index is 0.331. The van der Waals surface area contributed by atoms with Crippen LogP contribution in [0, 0.1) is 8.47 Å². The van der Waals surface area contributed by atoms with Crippen LogP contribution in [0.15, 0.2) is 95.6 Å². The Kier molecular flexibility index (Phi) is 14.9. The molecule has 6 aromatic heterocycles. The fourth-order valence-electron chi connectivity index (χ4n) is 8.29. The standard InChI is InChI=1S/C24H26N6OS.C18H18N4OS.C6H9IN2/c1-15(2)30-12-10-23(29-30)32-24-26-21(27-28-24)14-20-18-6-4-5-16(18)7-8-19(20)17-9-11-25-22(13-17)31-3;1-23-17-9-12(7-8-19-17)14-6-5-11-3-2-4-13(11)15(14)10-16-20-18(24)22-21-16;1-5(2)9-4-3-6(7)8-9/h7-13,15H,4-6,14H2,1-3H3,(H,26,27,28);5-9H,2-4,10H2,1H3,(H2,20,21,22,24);3-5H,1-2H3. The highest BCUT2D eigenvalue weighted by molar-refractivity contribution is 14.1. The molecule has 14 nitrogen and oxygen atoms in total. The molecule has 0 atom stereocenters.